The number of hydrogen-bond donors (Lipinski definition) is 1. The fourth-order valence-corrected chi connectivity index (χ4v) is 2.03. The molecule has 0 fully saturated rings. The van der Waals surface area contributed by atoms with Crippen molar-refractivity contribution in [3.63, 3.8) is 0 Å². The Morgan fingerprint density at radius 3 is 2.55 bits per heavy atom. The van der Waals surface area contributed by atoms with Crippen LogP contribution in [0.4, 0.5) is 5.82 Å². The third kappa shape index (κ3) is 3.06. The van der Waals surface area contributed by atoms with Crippen LogP contribution in [0.1, 0.15) is 0 Å². The molecule has 0 saturated carbocycles. The van der Waals surface area contributed by atoms with E-state index in [-0.39, 0.29) is 0 Å². The van der Waals surface area contributed by atoms with Gasteiger partial charge in [0.25, 0.3) is 0 Å². The standard InChI is InChI=1S/C17H16N2O/c1-2-7-15(8-3-1)20-13-12-18-17-11-10-14-6-4-5-9-16(14)19-17/h1-11H,12-13H2,(H,18,19). The van der Waals surface area contributed by atoms with Crippen LogP contribution in [0.25, 0.3) is 10.9 Å². The highest BCUT2D eigenvalue weighted by Gasteiger charge is 1.97. The fraction of sp³-hybridized carbons (Fsp3) is 0.118. The van der Waals surface area contributed by atoms with Crippen molar-refractivity contribution in [1.82, 2.24) is 4.98 Å². The lowest BCUT2D eigenvalue weighted by atomic mass is 10.2. The summed E-state index contributed by atoms with van der Waals surface area (Å²) in [5.41, 5.74) is 1.00. The number of rotatable bonds is 5. The first-order valence-corrected chi connectivity index (χ1v) is 6.69. The van der Waals surface area contributed by atoms with Gasteiger partial charge in [-0.1, -0.05) is 36.4 Å². The maximum absolute atomic E-state index is 5.62. The van der Waals surface area contributed by atoms with Crippen molar-refractivity contribution in [3.8, 4) is 5.75 Å². The van der Waals surface area contributed by atoms with Crippen LogP contribution in [-0.4, -0.2) is 18.1 Å². The van der Waals surface area contributed by atoms with Gasteiger partial charge >= 0.3 is 0 Å². The number of fused-ring (bicyclic) bond motifs is 1. The zero-order valence-electron chi connectivity index (χ0n) is 11.1. The number of nitrogens with zero attached hydrogens (tertiary/aromatic N) is 1. The summed E-state index contributed by atoms with van der Waals surface area (Å²) in [6.07, 6.45) is 0. The Kier molecular flexibility index (Phi) is 3.78. The summed E-state index contributed by atoms with van der Waals surface area (Å²) >= 11 is 0. The van der Waals surface area contributed by atoms with E-state index in [1.807, 2.05) is 54.6 Å². The van der Waals surface area contributed by atoms with E-state index in [9.17, 15) is 0 Å². The molecule has 2 aromatic carbocycles. The van der Waals surface area contributed by atoms with Crippen LogP contribution in [0.2, 0.25) is 0 Å². The van der Waals surface area contributed by atoms with Crippen molar-refractivity contribution < 1.29 is 4.74 Å². The maximum atomic E-state index is 5.62. The second-order valence-corrected chi connectivity index (χ2v) is 4.48. The first kappa shape index (κ1) is 12.5. The van der Waals surface area contributed by atoms with Gasteiger partial charge in [-0.15, -0.1) is 0 Å². The molecule has 1 N–H and O–H groups in total. The van der Waals surface area contributed by atoms with E-state index in [1.54, 1.807) is 0 Å². The molecule has 3 aromatic rings. The monoisotopic (exact) mass is 264 g/mol. The number of benzene rings is 2. The zero-order chi connectivity index (χ0) is 13.6. The van der Waals surface area contributed by atoms with E-state index in [0.717, 1.165) is 29.0 Å². The predicted octanol–water partition coefficient (Wildman–Crippen LogP) is 3.73. The molecule has 3 rings (SSSR count). The Bertz CT molecular complexity index is 683. The van der Waals surface area contributed by atoms with Crippen molar-refractivity contribution in [2.24, 2.45) is 0 Å². The topological polar surface area (TPSA) is 34.1 Å². The molecule has 0 aliphatic rings. The maximum Gasteiger partial charge on any atom is 0.126 e. The number of pyridine rings is 1. The van der Waals surface area contributed by atoms with Crippen LogP contribution in [0.15, 0.2) is 66.7 Å². The minimum Gasteiger partial charge on any atom is -0.492 e. The van der Waals surface area contributed by atoms with Gasteiger partial charge in [0, 0.05) is 5.39 Å². The molecule has 3 heteroatoms. The lowest BCUT2D eigenvalue weighted by Crippen LogP contribution is -2.12. The molecule has 20 heavy (non-hydrogen) atoms. The first-order valence-electron chi connectivity index (χ1n) is 6.69. The second kappa shape index (κ2) is 6.06. The Labute approximate surface area is 118 Å². The zero-order valence-corrected chi connectivity index (χ0v) is 11.1. The number of para-hydroxylation sites is 2. The number of ether oxygens (including phenoxy) is 1. The molecular formula is C17H16N2O. The molecule has 0 unspecified atom stereocenters. The largest absolute Gasteiger partial charge is 0.492 e. The summed E-state index contributed by atoms with van der Waals surface area (Å²) < 4.78 is 5.62. The number of nitrogens with one attached hydrogen (secondary N) is 1. The third-order valence-electron chi connectivity index (χ3n) is 3.02. The molecule has 0 radical (unpaired) electrons. The average Bonchev–Trinajstić information content (AvgIpc) is 2.52. The lowest BCUT2D eigenvalue weighted by molar-refractivity contribution is 0.333. The summed E-state index contributed by atoms with van der Waals surface area (Å²) in [5.74, 6) is 1.76. The van der Waals surface area contributed by atoms with Crippen LogP contribution in [0, 0.1) is 0 Å². The molecule has 0 amide bonds. The highest BCUT2D eigenvalue weighted by Crippen LogP contribution is 2.14. The summed E-state index contributed by atoms with van der Waals surface area (Å²) in [6.45, 7) is 1.33. The van der Waals surface area contributed by atoms with Crippen molar-refractivity contribution >= 4 is 16.7 Å². The number of aromatic nitrogens is 1. The van der Waals surface area contributed by atoms with Gasteiger partial charge in [0.15, 0.2) is 0 Å². The van der Waals surface area contributed by atoms with Crippen molar-refractivity contribution in [1.29, 1.82) is 0 Å². The molecule has 0 atom stereocenters. The third-order valence-corrected chi connectivity index (χ3v) is 3.02. The van der Waals surface area contributed by atoms with Crippen molar-refractivity contribution in [2.45, 2.75) is 0 Å². The van der Waals surface area contributed by atoms with E-state index >= 15 is 0 Å². The SMILES string of the molecule is c1ccc(OCCNc2ccc3ccccc3n2)cc1. The summed E-state index contributed by atoms with van der Waals surface area (Å²) in [5, 5.41) is 4.42. The van der Waals surface area contributed by atoms with E-state index in [1.165, 1.54) is 0 Å². The van der Waals surface area contributed by atoms with E-state index < -0.39 is 0 Å². The van der Waals surface area contributed by atoms with Crippen LogP contribution < -0.4 is 10.1 Å². The summed E-state index contributed by atoms with van der Waals surface area (Å²) in [4.78, 5) is 4.55. The summed E-state index contributed by atoms with van der Waals surface area (Å²) in [6, 6.07) is 22.0. The van der Waals surface area contributed by atoms with Gasteiger partial charge in [-0.05, 0) is 30.3 Å². The minimum absolute atomic E-state index is 0.610. The second-order valence-electron chi connectivity index (χ2n) is 4.48. The quantitative estimate of drug-likeness (QED) is 0.713. The molecule has 1 heterocycles. The molecule has 0 bridgehead atoms. The Morgan fingerprint density at radius 1 is 0.850 bits per heavy atom. The van der Waals surface area contributed by atoms with Crippen LogP contribution in [0.5, 0.6) is 5.75 Å². The van der Waals surface area contributed by atoms with Gasteiger partial charge in [0.05, 0.1) is 12.1 Å². The van der Waals surface area contributed by atoms with E-state index in [2.05, 4.69) is 22.4 Å². The van der Waals surface area contributed by atoms with Crippen molar-refractivity contribution in [3.05, 3.63) is 66.7 Å². The lowest BCUT2D eigenvalue weighted by Gasteiger charge is -2.08. The summed E-state index contributed by atoms with van der Waals surface area (Å²) in [7, 11) is 0. The highest BCUT2D eigenvalue weighted by atomic mass is 16.5. The Balaban J connectivity index is 1.55. The fourth-order valence-electron chi connectivity index (χ4n) is 2.03. The normalized spacial score (nSPS) is 10.4. The van der Waals surface area contributed by atoms with Gasteiger partial charge in [0.2, 0.25) is 0 Å². The first-order chi connectivity index (χ1) is 9.92. The molecule has 0 aliphatic carbocycles. The minimum atomic E-state index is 0.610. The highest BCUT2D eigenvalue weighted by molar-refractivity contribution is 5.79. The van der Waals surface area contributed by atoms with Gasteiger partial charge in [-0.2, -0.15) is 0 Å². The van der Waals surface area contributed by atoms with Gasteiger partial charge in [-0.3, -0.25) is 0 Å². The molecule has 100 valence electrons. The van der Waals surface area contributed by atoms with E-state index in [0.29, 0.717) is 6.61 Å². The van der Waals surface area contributed by atoms with Gasteiger partial charge in [-0.25, -0.2) is 4.98 Å². The molecular weight excluding hydrogens is 248 g/mol. The smallest absolute Gasteiger partial charge is 0.126 e. The van der Waals surface area contributed by atoms with Crippen LogP contribution >= 0.6 is 0 Å². The molecule has 1 aromatic heterocycles. The molecule has 0 saturated heterocycles. The number of hydrogen-bond acceptors (Lipinski definition) is 3. The molecule has 3 nitrogen and oxygen atoms in total. The Morgan fingerprint density at radius 2 is 1.65 bits per heavy atom. The molecule has 0 spiro atoms. The average molecular weight is 264 g/mol. The van der Waals surface area contributed by atoms with Gasteiger partial charge < -0.3 is 10.1 Å². The van der Waals surface area contributed by atoms with E-state index in [4.69, 9.17) is 4.74 Å². The van der Waals surface area contributed by atoms with Gasteiger partial charge in [0.1, 0.15) is 18.2 Å². The Hall–Kier alpha value is -2.55. The predicted molar refractivity (Wildman–Crippen MR) is 82.2 cm³/mol. The molecule has 0 aliphatic heterocycles. The number of anilines is 1. The van der Waals surface area contributed by atoms with Crippen molar-refractivity contribution in [2.75, 3.05) is 18.5 Å². The van der Waals surface area contributed by atoms with Crippen LogP contribution in [0.3, 0.4) is 0 Å². The van der Waals surface area contributed by atoms with Crippen LogP contribution in [-0.2, 0) is 0 Å².